The molecule has 1 aliphatic heterocycles. The van der Waals surface area contributed by atoms with Crippen molar-refractivity contribution in [1.29, 1.82) is 0 Å². The van der Waals surface area contributed by atoms with Gasteiger partial charge >= 0.3 is 0 Å². The number of nitrogens with two attached hydrogens (primary N) is 1. The lowest BCUT2D eigenvalue weighted by atomic mass is 10.1. The Kier molecular flexibility index (Phi) is 5.36. The zero-order valence-corrected chi connectivity index (χ0v) is 13.6. The quantitative estimate of drug-likeness (QED) is 0.858. The van der Waals surface area contributed by atoms with Gasteiger partial charge in [0.2, 0.25) is 5.91 Å². The van der Waals surface area contributed by atoms with Crippen molar-refractivity contribution in [3.63, 3.8) is 0 Å². The number of hydrogen-bond donors (Lipinski definition) is 2. The first-order valence-corrected chi connectivity index (χ1v) is 7.84. The number of rotatable bonds is 4. The number of nitrogens with one attached hydrogen (secondary N) is 1. The first-order valence-electron chi connectivity index (χ1n) is 7.04. The number of likely N-dealkylation sites (tertiary alicyclic amines) is 1. The van der Waals surface area contributed by atoms with Gasteiger partial charge in [0, 0.05) is 22.6 Å². The Morgan fingerprint density at radius 2 is 2.24 bits per heavy atom. The average molecular weight is 354 g/mol. The molecule has 1 heterocycles. The van der Waals surface area contributed by atoms with E-state index >= 15 is 0 Å². The molecule has 6 heteroatoms. The van der Waals surface area contributed by atoms with E-state index < -0.39 is 0 Å². The van der Waals surface area contributed by atoms with Gasteiger partial charge in [-0.3, -0.25) is 9.59 Å². The fourth-order valence-corrected chi connectivity index (χ4v) is 3.05. The Labute approximate surface area is 133 Å². The highest BCUT2D eigenvalue weighted by Gasteiger charge is 2.31. The smallest absolute Gasteiger partial charge is 0.251 e. The van der Waals surface area contributed by atoms with Gasteiger partial charge in [-0.05, 0) is 44.0 Å². The van der Waals surface area contributed by atoms with Gasteiger partial charge in [0.1, 0.15) is 0 Å². The van der Waals surface area contributed by atoms with E-state index in [2.05, 4.69) is 21.2 Å². The molecular weight excluding hydrogens is 334 g/mol. The molecule has 1 saturated heterocycles. The maximum absolute atomic E-state index is 12.2. The number of amides is 2. The number of carbonyl (C=O) groups excluding carboxylic acids is 2. The van der Waals surface area contributed by atoms with Crippen LogP contribution in [0.5, 0.6) is 0 Å². The SMILES string of the molecule is CC1CC(CN)CN1C(=O)CNC(=O)c1cccc(Br)c1. The van der Waals surface area contributed by atoms with Crippen LogP contribution >= 0.6 is 15.9 Å². The van der Waals surface area contributed by atoms with Crippen molar-refractivity contribution in [3.05, 3.63) is 34.3 Å². The van der Waals surface area contributed by atoms with Crippen molar-refractivity contribution >= 4 is 27.7 Å². The van der Waals surface area contributed by atoms with Gasteiger partial charge in [-0.1, -0.05) is 22.0 Å². The van der Waals surface area contributed by atoms with E-state index in [1.807, 2.05) is 13.0 Å². The minimum Gasteiger partial charge on any atom is -0.343 e. The lowest BCUT2D eigenvalue weighted by Gasteiger charge is -2.21. The molecule has 21 heavy (non-hydrogen) atoms. The summed E-state index contributed by atoms with van der Waals surface area (Å²) in [5, 5.41) is 2.67. The van der Waals surface area contributed by atoms with E-state index in [4.69, 9.17) is 5.73 Å². The molecule has 114 valence electrons. The fraction of sp³-hybridized carbons (Fsp3) is 0.467. The number of benzene rings is 1. The predicted octanol–water partition coefficient (Wildman–Crippen LogP) is 1.37. The van der Waals surface area contributed by atoms with Crippen molar-refractivity contribution in [1.82, 2.24) is 10.2 Å². The molecule has 2 unspecified atom stereocenters. The van der Waals surface area contributed by atoms with Crippen molar-refractivity contribution in [2.75, 3.05) is 19.6 Å². The van der Waals surface area contributed by atoms with Crippen LogP contribution in [0, 0.1) is 5.92 Å². The largest absolute Gasteiger partial charge is 0.343 e. The molecule has 1 aliphatic rings. The van der Waals surface area contributed by atoms with E-state index in [0.29, 0.717) is 24.6 Å². The summed E-state index contributed by atoms with van der Waals surface area (Å²) < 4.78 is 0.834. The lowest BCUT2D eigenvalue weighted by molar-refractivity contribution is -0.130. The van der Waals surface area contributed by atoms with Crippen LogP contribution in [0.2, 0.25) is 0 Å². The minimum absolute atomic E-state index is 0.0208. The van der Waals surface area contributed by atoms with Gasteiger partial charge in [-0.2, -0.15) is 0 Å². The van der Waals surface area contributed by atoms with Gasteiger partial charge in [-0.25, -0.2) is 0 Å². The lowest BCUT2D eigenvalue weighted by Crippen LogP contribution is -2.42. The number of halogens is 1. The Morgan fingerprint density at radius 3 is 2.86 bits per heavy atom. The summed E-state index contributed by atoms with van der Waals surface area (Å²) in [6, 6.07) is 7.26. The van der Waals surface area contributed by atoms with Crippen molar-refractivity contribution in [2.24, 2.45) is 11.7 Å². The number of carbonyl (C=O) groups is 2. The molecule has 0 saturated carbocycles. The second-order valence-electron chi connectivity index (χ2n) is 5.43. The Hall–Kier alpha value is -1.40. The Morgan fingerprint density at radius 1 is 1.48 bits per heavy atom. The van der Waals surface area contributed by atoms with Crippen LogP contribution in [0.25, 0.3) is 0 Å². The van der Waals surface area contributed by atoms with E-state index in [0.717, 1.165) is 10.9 Å². The van der Waals surface area contributed by atoms with Crippen LogP contribution in [0.3, 0.4) is 0 Å². The highest BCUT2D eigenvalue weighted by molar-refractivity contribution is 9.10. The summed E-state index contributed by atoms with van der Waals surface area (Å²) in [5.74, 6) is 0.0680. The molecule has 0 aromatic heterocycles. The van der Waals surface area contributed by atoms with Crippen molar-refractivity contribution < 1.29 is 9.59 Å². The van der Waals surface area contributed by atoms with Gasteiger partial charge in [-0.15, -0.1) is 0 Å². The molecule has 5 nitrogen and oxygen atoms in total. The monoisotopic (exact) mass is 353 g/mol. The fourth-order valence-electron chi connectivity index (χ4n) is 2.65. The zero-order chi connectivity index (χ0) is 15.4. The maximum Gasteiger partial charge on any atom is 0.251 e. The summed E-state index contributed by atoms with van der Waals surface area (Å²) in [5.41, 5.74) is 6.19. The van der Waals surface area contributed by atoms with E-state index in [1.165, 1.54) is 0 Å². The first-order chi connectivity index (χ1) is 10.0. The molecule has 1 aromatic carbocycles. The van der Waals surface area contributed by atoms with Crippen LogP contribution in [-0.4, -0.2) is 42.4 Å². The molecule has 3 N–H and O–H groups in total. The van der Waals surface area contributed by atoms with Gasteiger partial charge in [0.05, 0.1) is 6.54 Å². The molecule has 2 amide bonds. The standard InChI is InChI=1S/C15H20BrN3O2/c1-10-5-11(7-17)9-19(10)14(20)8-18-15(21)12-3-2-4-13(16)6-12/h2-4,6,10-11H,5,7-9,17H2,1H3,(H,18,21). The summed E-state index contributed by atoms with van der Waals surface area (Å²) in [4.78, 5) is 26.0. The van der Waals surface area contributed by atoms with Crippen molar-refractivity contribution in [2.45, 2.75) is 19.4 Å². The second kappa shape index (κ2) is 7.04. The molecule has 1 fully saturated rings. The summed E-state index contributed by atoms with van der Waals surface area (Å²) >= 11 is 3.32. The zero-order valence-electron chi connectivity index (χ0n) is 12.0. The predicted molar refractivity (Wildman–Crippen MR) is 84.8 cm³/mol. The molecule has 2 rings (SSSR count). The molecular formula is C15H20BrN3O2. The summed E-state index contributed by atoms with van der Waals surface area (Å²) in [6.07, 6.45) is 0.932. The van der Waals surface area contributed by atoms with E-state index in [-0.39, 0.29) is 24.4 Å². The Balaban J connectivity index is 1.88. The third kappa shape index (κ3) is 4.04. The van der Waals surface area contributed by atoms with E-state index in [9.17, 15) is 9.59 Å². The van der Waals surface area contributed by atoms with Crippen LogP contribution < -0.4 is 11.1 Å². The normalized spacial score (nSPS) is 21.4. The first kappa shape index (κ1) is 16.0. The molecule has 2 atom stereocenters. The summed E-state index contributed by atoms with van der Waals surface area (Å²) in [6.45, 7) is 3.32. The van der Waals surface area contributed by atoms with Crippen LogP contribution in [0.1, 0.15) is 23.7 Å². The molecule has 0 radical (unpaired) electrons. The third-order valence-corrected chi connectivity index (χ3v) is 4.30. The van der Waals surface area contributed by atoms with Gasteiger partial charge < -0.3 is 16.0 Å². The Bertz CT molecular complexity index is 535. The van der Waals surface area contributed by atoms with Gasteiger partial charge in [0.25, 0.3) is 5.91 Å². The molecule has 0 bridgehead atoms. The highest BCUT2D eigenvalue weighted by Crippen LogP contribution is 2.21. The summed E-state index contributed by atoms with van der Waals surface area (Å²) in [7, 11) is 0. The van der Waals surface area contributed by atoms with E-state index in [1.54, 1.807) is 23.1 Å². The highest BCUT2D eigenvalue weighted by atomic mass is 79.9. The van der Waals surface area contributed by atoms with Crippen LogP contribution in [-0.2, 0) is 4.79 Å². The molecule has 0 spiro atoms. The maximum atomic E-state index is 12.2. The number of nitrogens with zero attached hydrogens (tertiary/aromatic N) is 1. The second-order valence-corrected chi connectivity index (χ2v) is 6.34. The van der Waals surface area contributed by atoms with Crippen molar-refractivity contribution in [3.8, 4) is 0 Å². The minimum atomic E-state index is -0.244. The average Bonchev–Trinajstić information content (AvgIpc) is 2.85. The molecule has 1 aromatic rings. The van der Waals surface area contributed by atoms with Gasteiger partial charge in [0.15, 0.2) is 0 Å². The number of hydrogen-bond acceptors (Lipinski definition) is 3. The molecule has 0 aliphatic carbocycles. The third-order valence-electron chi connectivity index (χ3n) is 3.80. The topological polar surface area (TPSA) is 75.4 Å². The van der Waals surface area contributed by atoms with Crippen LogP contribution in [0.4, 0.5) is 0 Å². The van der Waals surface area contributed by atoms with Crippen LogP contribution in [0.15, 0.2) is 28.7 Å².